The van der Waals surface area contributed by atoms with Crippen molar-refractivity contribution >= 4 is 34.8 Å². The van der Waals surface area contributed by atoms with Gasteiger partial charge in [0.1, 0.15) is 0 Å². The lowest BCUT2D eigenvalue weighted by atomic mass is 9.93. The lowest BCUT2D eigenvalue weighted by molar-refractivity contribution is -0.144. The molecule has 172 valence electrons. The van der Waals surface area contributed by atoms with E-state index in [2.05, 4.69) is 40.6 Å². The Balaban J connectivity index is 1.35. The number of hydrogen-bond donors (Lipinski definition) is 0. The van der Waals surface area contributed by atoms with Gasteiger partial charge >= 0.3 is 0 Å². The molecule has 1 saturated heterocycles. The third-order valence-corrected chi connectivity index (χ3v) is 8.29. The smallest absolute Gasteiger partial charge is 0.229 e. The minimum atomic E-state index is -0.561. The number of rotatable bonds is 6. The highest BCUT2D eigenvalue weighted by atomic mass is 35.5. The van der Waals surface area contributed by atoms with Crippen LogP contribution < -0.4 is 0 Å². The maximum Gasteiger partial charge on any atom is 0.229 e. The summed E-state index contributed by atoms with van der Waals surface area (Å²) in [4.78, 5) is 33.3. The molecule has 32 heavy (non-hydrogen) atoms. The second kappa shape index (κ2) is 9.94. The maximum atomic E-state index is 13.0. The number of carbonyl (C=O) groups excluding carboxylic acids is 2. The topological polar surface area (TPSA) is 43.9 Å². The Morgan fingerprint density at radius 3 is 2.41 bits per heavy atom. The Morgan fingerprint density at radius 1 is 1.03 bits per heavy atom. The fourth-order valence-electron chi connectivity index (χ4n) is 4.68. The molecule has 2 aliphatic rings. The van der Waals surface area contributed by atoms with Crippen LogP contribution in [-0.2, 0) is 16.0 Å². The molecule has 0 N–H and O–H groups in total. The zero-order valence-corrected chi connectivity index (χ0v) is 20.5. The first kappa shape index (κ1) is 23.3. The molecule has 5 nitrogen and oxygen atoms in total. The van der Waals surface area contributed by atoms with Gasteiger partial charge in [-0.15, -0.1) is 22.9 Å². The van der Waals surface area contributed by atoms with Crippen LogP contribution in [-0.4, -0.2) is 71.7 Å². The molecule has 2 aliphatic heterocycles. The van der Waals surface area contributed by atoms with E-state index in [0.29, 0.717) is 38.5 Å². The van der Waals surface area contributed by atoms with Gasteiger partial charge in [0.2, 0.25) is 11.8 Å². The molecule has 1 fully saturated rings. The Hall–Kier alpha value is -1.89. The van der Waals surface area contributed by atoms with Crippen LogP contribution in [0.1, 0.15) is 42.3 Å². The van der Waals surface area contributed by atoms with E-state index in [1.165, 1.54) is 16.0 Å². The van der Waals surface area contributed by atoms with Crippen LogP contribution in [0.3, 0.4) is 0 Å². The summed E-state index contributed by atoms with van der Waals surface area (Å²) in [5.74, 6) is 0.553. The number of carbonyl (C=O) groups is 2. The third-order valence-electron chi connectivity index (χ3n) is 6.63. The lowest BCUT2D eigenvalue weighted by Gasteiger charge is -2.39. The molecule has 4 rings (SSSR count). The standard InChI is InChI=1S/C25H32ClN3O2S/c1-25(2,18-26)24(31)29-15-13-27(14-16-29)22(30)9-12-28-11-8-21-20(10-17-32-21)23(28)19-6-4-3-5-7-19/h3-7,10,17,23H,8-9,11-16,18H2,1-2H3. The van der Waals surface area contributed by atoms with Gasteiger partial charge in [0.05, 0.1) is 11.5 Å². The Morgan fingerprint density at radius 2 is 1.72 bits per heavy atom. The van der Waals surface area contributed by atoms with Crippen LogP contribution in [0.5, 0.6) is 0 Å². The zero-order chi connectivity index (χ0) is 22.7. The normalized spacial score (nSPS) is 19.7. The molecule has 2 aromatic rings. The number of halogens is 1. The van der Waals surface area contributed by atoms with E-state index in [1.807, 2.05) is 41.1 Å². The Kier molecular flexibility index (Phi) is 7.23. The molecule has 0 bridgehead atoms. The van der Waals surface area contributed by atoms with E-state index in [9.17, 15) is 9.59 Å². The van der Waals surface area contributed by atoms with E-state index >= 15 is 0 Å². The van der Waals surface area contributed by atoms with Gasteiger partial charge in [0.25, 0.3) is 0 Å². The molecule has 1 unspecified atom stereocenters. The van der Waals surface area contributed by atoms with Crippen molar-refractivity contribution in [2.75, 3.05) is 45.1 Å². The van der Waals surface area contributed by atoms with E-state index in [0.717, 1.165) is 19.5 Å². The number of alkyl halides is 1. The average Bonchev–Trinajstić information content (AvgIpc) is 3.31. The van der Waals surface area contributed by atoms with Gasteiger partial charge in [0.15, 0.2) is 0 Å². The zero-order valence-electron chi connectivity index (χ0n) is 18.9. The summed E-state index contributed by atoms with van der Waals surface area (Å²) in [6.45, 7) is 7.82. The van der Waals surface area contributed by atoms with E-state index < -0.39 is 5.41 Å². The maximum absolute atomic E-state index is 13.0. The average molecular weight is 474 g/mol. The first-order chi connectivity index (χ1) is 15.4. The molecule has 0 saturated carbocycles. The molecular weight excluding hydrogens is 442 g/mol. The summed E-state index contributed by atoms with van der Waals surface area (Å²) in [6, 6.07) is 13.1. The molecular formula is C25H32ClN3O2S. The third kappa shape index (κ3) is 4.87. The fourth-order valence-corrected chi connectivity index (χ4v) is 5.69. The molecule has 2 amide bonds. The van der Waals surface area contributed by atoms with Crippen LogP contribution in [0.4, 0.5) is 0 Å². The van der Waals surface area contributed by atoms with Crippen molar-refractivity contribution in [2.24, 2.45) is 5.41 Å². The van der Waals surface area contributed by atoms with Crippen molar-refractivity contribution in [1.82, 2.24) is 14.7 Å². The number of fused-ring (bicyclic) bond motifs is 1. The molecule has 0 radical (unpaired) electrons. The first-order valence-electron chi connectivity index (χ1n) is 11.4. The van der Waals surface area contributed by atoms with Gasteiger partial charge < -0.3 is 9.80 Å². The second-order valence-corrected chi connectivity index (χ2v) is 10.6. The molecule has 1 aromatic carbocycles. The number of amides is 2. The highest BCUT2D eigenvalue weighted by molar-refractivity contribution is 7.10. The largest absolute Gasteiger partial charge is 0.339 e. The van der Waals surface area contributed by atoms with Crippen molar-refractivity contribution in [1.29, 1.82) is 0 Å². The van der Waals surface area contributed by atoms with Gasteiger partial charge in [0, 0.05) is 56.4 Å². The molecule has 1 aromatic heterocycles. The van der Waals surface area contributed by atoms with Crippen LogP contribution in [0.2, 0.25) is 0 Å². The highest BCUT2D eigenvalue weighted by Gasteiger charge is 2.34. The number of nitrogens with zero attached hydrogens (tertiary/aromatic N) is 3. The molecule has 3 heterocycles. The van der Waals surface area contributed by atoms with Crippen molar-refractivity contribution in [3.63, 3.8) is 0 Å². The van der Waals surface area contributed by atoms with Gasteiger partial charge in [-0.05, 0) is 42.8 Å². The van der Waals surface area contributed by atoms with Gasteiger partial charge in [-0.1, -0.05) is 30.3 Å². The number of piperazine rings is 1. The Bertz CT molecular complexity index is 938. The van der Waals surface area contributed by atoms with E-state index in [4.69, 9.17) is 11.6 Å². The predicted molar refractivity (Wildman–Crippen MR) is 130 cm³/mol. The summed E-state index contributed by atoms with van der Waals surface area (Å²) in [6.07, 6.45) is 1.55. The lowest BCUT2D eigenvalue weighted by Crippen LogP contribution is -2.54. The number of thiophene rings is 1. The quantitative estimate of drug-likeness (QED) is 0.595. The van der Waals surface area contributed by atoms with Gasteiger partial charge in [-0.3, -0.25) is 14.5 Å². The molecule has 7 heteroatoms. The summed E-state index contributed by atoms with van der Waals surface area (Å²) in [5.41, 5.74) is 2.11. The second-order valence-electron chi connectivity index (χ2n) is 9.34. The summed E-state index contributed by atoms with van der Waals surface area (Å²) in [5, 5.41) is 2.18. The predicted octanol–water partition coefficient (Wildman–Crippen LogP) is 4.02. The number of benzene rings is 1. The molecule has 0 aliphatic carbocycles. The van der Waals surface area contributed by atoms with Gasteiger partial charge in [-0.25, -0.2) is 0 Å². The minimum Gasteiger partial charge on any atom is -0.339 e. The van der Waals surface area contributed by atoms with Crippen LogP contribution in [0.25, 0.3) is 0 Å². The first-order valence-corrected chi connectivity index (χ1v) is 12.8. The summed E-state index contributed by atoms with van der Waals surface area (Å²) in [7, 11) is 0. The van der Waals surface area contributed by atoms with Crippen molar-refractivity contribution in [3.8, 4) is 0 Å². The van der Waals surface area contributed by atoms with Crippen molar-refractivity contribution < 1.29 is 9.59 Å². The molecule has 1 atom stereocenters. The SMILES string of the molecule is CC(C)(CCl)C(=O)N1CCN(C(=O)CCN2CCc3sccc3C2c2ccccc2)CC1. The van der Waals surface area contributed by atoms with Crippen LogP contribution in [0, 0.1) is 5.41 Å². The number of hydrogen-bond acceptors (Lipinski definition) is 4. The fraction of sp³-hybridized carbons (Fsp3) is 0.520. The summed E-state index contributed by atoms with van der Waals surface area (Å²) < 4.78 is 0. The van der Waals surface area contributed by atoms with E-state index in [1.54, 1.807) is 0 Å². The van der Waals surface area contributed by atoms with Crippen LogP contribution in [0.15, 0.2) is 41.8 Å². The summed E-state index contributed by atoms with van der Waals surface area (Å²) >= 11 is 7.80. The van der Waals surface area contributed by atoms with Crippen LogP contribution >= 0.6 is 22.9 Å². The minimum absolute atomic E-state index is 0.0742. The van der Waals surface area contributed by atoms with Crippen molar-refractivity contribution in [3.05, 3.63) is 57.8 Å². The molecule has 0 spiro atoms. The van der Waals surface area contributed by atoms with E-state index in [-0.39, 0.29) is 17.9 Å². The van der Waals surface area contributed by atoms with Gasteiger partial charge in [-0.2, -0.15) is 0 Å². The van der Waals surface area contributed by atoms with Crippen molar-refractivity contribution in [2.45, 2.75) is 32.7 Å². The highest BCUT2D eigenvalue weighted by Crippen LogP contribution is 2.37. The Labute approximate surface area is 199 Å². The monoisotopic (exact) mass is 473 g/mol.